The summed E-state index contributed by atoms with van der Waals surface area (Å²) in [7, 11) is -11.5. The fourth-order valence-electron chi connectivity index (χ4n) is 7.68. The first-order chi connectivity index (χ1) is 33.0. The third kappa shape index (κ3) is 14.5. The summed E-state index contributed by atoms with van der Waals surface area (Å²) in [4.78, 5) is 23.0. The number of anilines is 2. The summed E-state index contributed by atoms with van der Waals surface area (Å²) in [5.41, 5.74) is 6.05. The molecule has 69 heavy (non-hydrogen) atoms. The summed E-state index contributed by atoms with van der Waals surface area (Å²) in [6, 6.07) is 44.6. The summed E-state index contributed by atoms with van der Waals surface area (Å²) >= 11 is 0.857. The summed E-state index contributed by atoms with van der Waals surface area (Å²) < 4.78 is 82.7. The fourth-order valence-corrected chi connectivity index (χ4v) is 12.9. The molecule has 0 aliphatic heterocycles. The number of nitrogens with one attached hydrogen (secondary N) is 2. The predicted molar refractivity (Wildman–Crippen MR) is 271 cm³/mol. The number of carbonyl (C=O) groups is 2. The van der Waals surface area contributed by atoms with Crippen LogP contribution in [0.25, 0.3) is 0 Å². The van der Waals surface area contributed by atoms with Gasteiger partial charge in [-0.3, -0.25) is 9.44 Å². The van der Waals surface area contributed by atoms with Gasteiger partial charge in [0.15, 0.2) is 0 Å². The standard InChI is InChI=1S/C28H27NO6S3.C25H27NO4S/c30-28(31)25-17-9-7-12-21(25)11-3-1-4-13-22-14-8-10-18-26(22)29-38(34,35)27-19-24(20-36-27)37(32,33)23-15-5-2-6-16-23;1-19-10-9-15-22(18-19)31(29,30)26-24-17-8-6-14-21(24)13-4-2-3-11-20-12-5-7-16-23(20)25(27)28/h2,5-10,12,14-20,29H,1,3-4,11,13H2,(H,30,31);5-10,12,14-18,26H,2-4,11,13H2,1H3,(H,27,28). The van der Waals surface area contributed by atoms with E-state index < -0.39 is 41.8 Å². The average molecular weight is 1010 g/mol. The Kier molecular flexibility index (Phi) is 18.1. The molecule has 16 heteroatoms. The number of rotatable bonds is 22. The number of para-hydroxylation sites is 2. The number of carboxylic acids is 2. The first kappa shape index (κ1) is 51.8. The van der Waals surface area contributed by atoms with Gasteiger partial charge >= 0.3 is 11.9 Å². The second-order valence-corrected chi connectivity index (χ2v) is 22.8. The van der Waals surface area contributed by atoms with Gasteiger partial charge in [-0.2, -0.15) is 0 Å². The van der Waals surface area contributed by atoms with Crippen LogP contribution < -0.4 is 9.44 Å². The first-order valence-electron chi connectivity index (χ1n) is 22.3. The van der Waals surface area contributed by atoms with Crippen LogP contribution in [0.5, 0.6) is 0 Å². The molecule has 12 nitrogen and oxygen atoms in total. The Balaban J connectivity index is 0.000000232. The smallest absolute Gasteiger partial charge is 0.335 e. The van der Waals surface area contributed by atoms with Gasteiger partial charge in [0.05, 0.1) is 37.2 Å². The maximum Gasteiger partial charge on any atom is 0.335 e. The second kappa shape index (κ2) is 24.1. The van der Waals surface area contributed by atoms with Gasteiger partial charge < -0.3 is 10.2 Å². The highest BCUT2D eigenvalue weighted by atomic mass is 32.2. The van der Waals surface area contributed by atoms with Gasteiger partial charge in [0.25, 0.3) is 20.0 Å². The van der Waals surface area contributed by atoms with Crippen molar-refractivity contribution in [2.75, 3.05) is 9.44 Å². The van der Waals surface area contributed by atoms with E-state index >= 15 is 0 Å². The molecule has 7 aromatic rings. The van der Waals surface area contributed by atoms with Crippen LogP contribution in [-0.2, 0) is 55.6 Å². The number of sulfonamides is 2. The zero-order valence-corrected chi connectivity index (χ0v) is 41.2. The molecule has 0 spiro atoms. The van der Waals surface area contributed by atoms with Crippen molar-refractivity contribution in [3.05, 3.63) is 202 Å². The number of benzene rings is 6. The Hall–Kier alpha value is -6.59. The third-order valence-electron chi connectivity index (χ3n) is 11.3. The maximum absolute atomic E-state index is 13.1. The lowest BCUT2D eigenvalue weighted by Gasteiger charge is -2.13. The maximum atomic E-state index is 13.1. The van der Waals surface area contributed by atoms with E-state index in [4.69, 9.17) is 0 Å². The van der Waals surface area contributed by atoms with Crippen molar-refractivity contribution in [3.8, 4) is 0 Å². The van der Waals surface area contributed by atoms with E-state index in [1.807, 2.05) is 67.6 Å². The molecule has 7 rings (SSSR count). The summed E-state index contributed by atoms with van der Waals surface area (Å²) in [6.07, 6.45) is 7.89. The second-order valence-electron chi connectivity index (χ2n) is 16.3. The van der Waals surface area contributed by atoms with Crippen LogP contribution in [0.3, 0.4) is 0 Å². The molecular formula is C53H54N2O10S4. The molecule has 0 saturated heterocycles. The van der Waals surface area contributed by atoms with Crippen molar-refractivity contribution in [1.82, 2.24) is 0 Å². The minimum atomic E-state index is -3.99. The minimum absolute atomic E-state index is 0.0631. The molecule has 1 heterocycles. The van der Waals surface area contributed by atoms with E-state index in [0.29, 0.717) is 41.8 Å². The Morgan fingerprint density at radius 2 is 0.870 bits per heavy atom. The van der Waals surface area contributed by atoms with Crippen LogP contribution in [0.1, 0.15) is 87.1 Å². The van der Waals surface area contributed by atoms with Gasteiger partial charge in [-0.1, -0.05) is 116 Å². The SMILES string of the molecule is Cc1cccc(S(=O)(=O)Nc2ccccc2CCCCCc2ccccc2C(=O)O)c1.O=C(O)c1ccccc1CCCCCc1ccccc1NS(=O)(=O)c1cc(S(=O)(=O)c2ccccc2)cs1. The van der Waals surface area contributed by atoms with E-state index in [1.54, 1.807) is 78.9 Å². The molecule has 6 aromatic carbocycles. The van der Waals surface area contributed by atoms with Crippen LogP contribution >= 0.6 is 11.3 Å². The van der Waals surface area contributed by atoms with Crippen LogP contribution in [0.15, 0.2) is 182 Å². The fraction of sp³-hybridized carbons (Fsp3) is 0.208. The van der Waals surface area contributed by atoms with Crippen LogP contribution in [-0.4, -0.2) is 47.4 Å². The highest BCUT2D eigenvalue weighted by molar-refractivity contribution is 7.95. The summed E-state index contributed by atoms with van der Waals surface area (Å²) in [6.45, 7) is 1.86. The number of thiophene rings is 1. The lowest BCUT2D eigenvalue weighted by atomic mass is 9.99. The Morgan fingerprint density at radius 1 is 0.449 bits per heavy atom. The van der Waals surface area contributed by atoms with Crippen molar-refractivity contribution < 1.29 is 45.1 Å². The van der Waals surface area contributed by atoms with Crippen molar-refractivity contribution in [3.63, 3.8) is 0 Å². The van der Waals surface area contributed by atoms with Crippen molar-refractivity contribution in [2.45, 2.75) is 90.0 Å². The van der Waals surface area contributed by atoms with Gasteiger partial charge in [-0.25, -0.2) is 34.8 Å². The predicted octanol–water partition coefficient (Wildman–Crippen LogP) is 11.5. The van der Waals surface area contributed by atoms with E-state index in [9.17, 15) is 45.1 Å². The van der Waals surface area contributed by atoms with Gasteiger partial charge in [0, 0.05) is 5.38 Å². The molecule has 0 saturated carbocycles. The number of aromatic carboxylic acids is 2. The molecule has 4 N–H and O–H groups in total. The molecule has 0 radical (unpaired) electrons. The zero-order valence-electron chi connectivity index (χ0n) is 38.0. The Morgan fingerprint density at radius 3 is 1.36 bits per heavy atom. The lowest BCUT2D eigenvalue weighted by Crippen LogP contribution is -2.14. The molecule has 0 amide bonds. The number of unbranched alkanes of at least 4 members (excludes halogenated alkanes) is 4. The zero-order chi connectivity index (χ0) is 49.4. The molecular weight excluding hydrogens is 953 g/mol. The van der Waals surface area contributed by atoms with Gasteiger partial charge in [0.1, 0.15) is 4.21 Å². The molecule has 360 valence electrons. The topological polar surface area (TPSA) is 201 Å². The van der Waals surface area contributed by atoms with Crippen LogP contribution in [0, 0.1) is 6.92 Å². The van der Waals surface area contributed by atoms with Crippen molar-refractivity contribution >= 4 is 64.5 Å². The van der Waals surface area contributed by atoms with E-state index in [-0.39, 0.29) is 18.9 Å². The molecule has 0 aliphatic carbocycles. The monoisotopic (exact) mass is 1010 g/mol. The van der Waals surface area contributed by atoms with Crippen LogP contribution in [0.2, 0.25) is 0 Å². The Bertz CT molecular complexity index is 3210. The van der Waals surface area contributed by atoms with Crippen LogP contribution in [0.4, 0.5) is 11.4 Å². The van der Waals surface area contributed by atoms with E-state index in [0.717, 1.165) is 84.1 Å². The average Bonchev–Trinajstić information content (AvgIpc) is 3.86. The largest absolute Gasteiger partial charge is 0.478 e. The lowest BCUT2D eigenvalue weighted by molar-refractivity contribution is 0.0684. The normalized spacial score (nSPS) is 11.6. The van der Waals surface area contributed by atoms with Crippen molar-refractivity contribution in [2.24, 2.45) is 0 Å². The third-order valence-corrected chi connectivity index (χ3v) is 17.3. The molecule has 0 atom stereocenters. The number of carboxylic acid groups (broad SMARTS) is 2. The van der Waals surface area contributed by atoms with Gasteiger partial charge in [0.2, 0.25) is 9.84 Å². The summed E-state index contributed by atoms with van der Waals surface area (Å²) in [5.74, 6) is -1.83. The number of hydrogen-bond donors (Lipinski definition) is 4. The number of sulfone groups is 1. The Labute approximate surface area is 408 Å². The molecule has 0 fully saturated rings. The molecule has 0 bridgehead atoms. The summed E-state index contributed by atoms with van der Waals surface area (Å²) in [5, 5.41) is 20.0. The highest BCUT2D eigenvalue weighted by Crippen LogP contribution is 2.31. The van der Waals surface area contributed by atoms with E-state index in [2.05, 4.69) is 9.44 Å². The van der Waals surface area contributed by atoms with Gasteiger partial charge in [-0.05, 0) is 141 Å². The van der Waals surface area contributed by atoms with E-state index in [1.165, 1.54) is 23.6 Å². The first-order valence-corrected chi connectivity index (χ1v) is 27.7. The molecule has 1 aromatic heterocycles. The van der Waals surface area contributed by atoms with Gasteiger partial charge in [-0.15, -0.1) is 11.3 Å². The quantitative estimate of drug-likeness (QED) is 0.0473. The number of hydrogen-bond acceptors (Lipinski definition) is 9. The highest BCUT2D eigenvalue weighted by Gasteiger charge is 2.25. The minimum Gasteiger partial charge on any atom is -0.478 e. The number of aryl methyl sites for hydroxylation is 5. The van der Waals surface area contributed by atoms with Crippen molar-refractivity contribution in [1.29, 1.82) is 0 Å². The molecule has 0 aliphatic rings. The molecule has 0 unspecified atom stereocenters.